The van der Waals surface area contributed by atoms with Gasteiger partial charge in [0.1, 0.15) is 5.82 Å². The molecule has 1 heterocycles. The molecule has 3 rings (SSSR count). The Kier molecular flexibility index (Phi) is 4.32. The number of hydrogen-bond donors (Lipinski definition) is 1. The van der Waals surface area contributed by atoms with Gasteiger partial charge < -0.3 is 5.73 Å². The quantitative estimate of drug-likeness (QED) is 0.939. The Labute approximate surface area is 125 Å². The summed E-state index contributed by atoms with van der Waals surface area (Å²) >= 11 is 0. The molecule has 0 spiro atoms. The van der Waals surface area contributed by atoms with Crippen LogP contribution in [-0.2, 0) is 25.9 Å². The molecular weight excluding hydrogens is 263 g/mol. The van der Waals surface area contributed by atoms with Gasteiger partial charge in [0.25, 0.3) is 0 Å². The Bertz CT molecular complexity index is 597. The highest BCUT2D eigenvalue weighted by Crippen LogP contribution is 2.18. The number of nitrogens with zero attached hydrogens (tertiary/aromatic N) is 1. The van der Waals surface area contributed by atoms with Crippen LogP contribution in [0.2, 0.25) is 0 Å². The van der Waals surface area contributed by atoms with Crippen LogP contribution < -0.4 is 5.73 Å². The van der Waals surface area contributed by atoms with Crippen LogP contribution in [0.15, 0.2) is 42.5 Å². The summed E-state index contributed by atoms with van der Waals surface area (Å²) in [6.45, 7) is 3.21. The Morgan fingerprint density at radius 3 is 2.19 bits per heavy atom. The molecule has 2 N–H and O–H groups in total. The third-order valence-corrected chi connectivity index (χ3v) is 4.17. The number of halogens is 1. The van der Waals surface area contributed by atoms with Gasteiger partial charge in [0, 0.05) is 26.2 Å². The van der Waals surface area contributed by atoms with E-state index < -0.39 is 0 Å². The topological polar surface area (TPSA) is 29.3 Å². The Balaban J connectivity index is 1.71. The number of fused-ring (bicyclic) bond motifs is 1. The smallest absolute Gasteiger partial charge is 0.123 e. The van der Waals surface area contributed by atoms with Gasteiger partial charge in [-0.2, -0.15) is 0 Å². The average Bonchev–Trinajstić information content (AvgIpc) is 2.69. The maximum atomic E-state index is 13.6. The van der Waals surface area contributed by atoms with E-state index >= 15 is 0 Å². The van der Waals surface area contributed by atoms with Crippen LogP contribution in [0.1, 0.15) is 22.3 Å². The molecule has 3 heteroatoms. The van der Waals surface area contributed by atoms with Crippen molar-refractivity contribution in [3.8, 4) is 0 Å². The van der Waals surface area contributed by atoms with Gasteiger partial charge in [-0.25, -0.2) is 4.39 Å². The summed E-state index contributed by atoms with van der Waals surface area (Å²) in [5, 5.41) is 0. The van der Waals surface area contributed by atoms with Gasteiger partial charge in [-0.05, 0) is 47.2 Å². The van der Waals surface area contributed by atoms with Crippen molar-refractivity contribution in [3.63, 3.8) is 0 Å². The molecule has 0 aliphatic carbocycles. The van der Waals surface area contributed by atoms with Gasteiger partial charge in [0.15, 0.2) is 0 Å². The fraction of sp³-hybridized carbons (Fsp3) is 0.333. The molecule has 0 bridgehead atoms. The van der Waals surface area contributed by atoms with Crippen molar-refractivity contribution < 1.29 is 4.39 Å². The van der Waals surface area contributed by atoms with Crippen molar-refractivity contribution in [2.45, 2.75) is 25.9 Å². The average molecular weight is 284 g/mol. The molecule has 0 aromatic heterocycles. The predicted molar refractivity (Wildman–Crippen MR) is 83.4 cm³/mol. The molecule has 0 saturated heterocycles. The lowest BCUT2D eigenvalue weighted by atomic mass is 10.0. The molecule has 21 heavy (non-hydrogen) atoms. The molecule has 2 nitrogen and oxygen atoms in total. The van der Waals surface area contributed by atoms with Crippen LogP contribution in [0.5, 0.6) is 0 Å². The second-order valence-electron chi connectivity index (χ2n) is 5.72. The van der Waals surface area contributed by atoms with Crippen molar-refractivity contribution in [1.29, 1.82) is 0 Å². The lowest BCUT2D eigenvalue weighted by Gasteiger charge is -2.20. The molecule has 1 aliphatic heterocycles. The van der Waals surface area contributed by atoms with Gasteiger partial charge >= 0.3 is 0 Å². The zero-order valence-electron chi connectivity index (χ0n) is 12.2. The van der Waals surface area contributed by atoms with Crippen molar-refractivity contribution in [3.05, 3.63) is 70.5 Å². The molecule has 0 amide bonds. The summed E-state index contributed by atoms with van der Waals surface area (Å²) in [6.07, 6.45) is 2.13. The van der Waals surface area contributed by atoms with E-state index in [9.17, 15) is 4.39 Å². The van der Waals surface area contributed by atoms with Gasteiger partial charge in [-0.3, -0.25) is 4.90 Å². The molecule has 0 saturated carbocycles. The van der Waals surface area contributed by atoms with Crippen LogP contribution in [0.3, 0.4) is 0 Å². The number of hydrogen-bond acceptors (Lipinski definition) is 2. The molecular formula is C18H21FN2. The zero-order valence-corrected chi connectivity index (χ0v) is 12.2. The number of benzene rings is 2. The molecule has 2 aromatic carbocycles. The highest BCUT2D eigenvalue weighted by Gasteiger charge is 2.14. The molecule has 0 atom stereocenters. The van der Waals surface area contributed by atoms with Gasteiger partial charge in [0.05, 0.1) is 0 Å². The van der Waals surface area contributed by atoms with E-state index in [1.54, 1.807) is 6.07 Å². The van der Waals surface area contributed by atoms with Crippen LogP contribution in [0.25, 0.3) is 0 Å². The highest BCUT2D eigenvalue weighted by molar-refractivity contribution is 5.29. The van der Waals surface area contributed by atoms with E-state index in [1.165, 1.54) is 17.2 Å². The third kappa shape index (κ3) is 3.49. The lowest BCUT2D eigenvalue weighted by molar-refractivity contribution is 0.279. The molecule has 0 radical (unpaired) electrons. The first-order valence-corrected chi connectivity index (χ1v) is 7.52. The first-order chi connectivity index (χ1) is 10.2. The lowest BCUT2D eigenvalue weighted by Crippen LogP contribution is -2.26. The summed E-state index contributed by atoms with van der Waals surface area (Å²) in [6, 6.07) is 13.8. The Morgan fingerprint density at radius 2 is 1.57 bits per heavy atom. The summed E-state index contributed by atoms with van der Waals surface area (Å²) in [4.78, 5) is 2.40. The second kappa shape index (κ2) is 6.37. The summed E-state index contributed by atoms with van der Waals surface area (Å²) in [7, 11) is 0. The highest BCUT2D eigenvalue weighted by atomic mass is 19.1. The fourth-order valence-electron chi connectivity index (χ4n) is 3.06. The number of rotatable bonds is 3. The van der Waals surface area contributed by atoms with Crippen molar-refractivity contribution in [2.24, 2.45) is 5.73 Å². The fourth-order valence-corrected chi connectivity index (χ4v) is 3.06. The molecule has 1 aliphatic rings. The minimum atomic E-state index is -0.189. The van der Waals surface area contributed by atoms with Crippen LogP contribution in [0, 0.1) is 5.82 Å². The van der Waals surface area contributed by atoms with Crippen LogP contribution in [0.4, 0.5) is 4.39 Å². The summed E-state index contributed by atoms with van der Waals surface area (Å²) in [5.74, 6) is -0.189. The minimum Gasteiger partial charge on any atom is -0.326 e. The third-order valence-electron chi connectivity index (χ3n) is 4.17. The molecule has 2 aromatic rings. The maximum Gasteiger partial charge on any atom is 0.123 e. The largest absolute Gasteiger partial charge is 0.326 e. The monoisotopic (exact) mass is 284 g/mol. The van der Waals surface area contributed by atoms with E-state index in [0.717, 1.165) is 43.6 Å². The Morgan fingerprint density at radius 1 is 0.952 bits per heavy atom. The van der Waals surface area contributed by atoms with E-state index in [-0.39, 0.29) is 5.82 Å². The first kappa shape index (κ1) is 14.2. The molecule has 110 valence electrons. The molecule has 0 unspecified atom stereocenters. The molecule has 0 fully saturated rings. The van der Waals surface area contributed by atoms with Gasteiger partial charge in [-0.1, -0.05) is 30.3 Å². The van der Waals surface area contributed by atoms with Crippen molar-refractivity contribution in [1.82, 2.24) is 4.90 Å². The Hall–Kier alpha value is -1.71. The van der Waals surface area contributed by atoms with Crippen LogP contribution >= 0.6 is 0 Å². The minimum absolute atomic E-state index is 0.189. The number of nitrogens with two attached hydrogens (primary N) is 1. The van der Waals surface area contributed by atoms with E-state index in [0.29, 0.717) is 6.54 Å². The summed E-state index contributed by atoms with van der Waals surface area (Å²) in [5.41, 5.74) is 10.4. The van der Waals surface area contributed by atoms with Crippen molar-refractivity contribution in [2.75, 3.05) is 13.1 Å². The van der Waals surface area contributed by atoms with E-state index in [1.807, 2.05) is 6.07 Å². The SMILES string of the molecule is NCc1cc(F)cc(CN2CCc3ccccc3CC2)c1. The van der Waals surface area contributed by atoms with Gasteiger partial charge in [-0.15, -0.1) is 0 Å². The first-order valence-electron chi connectivity index (χ1n) is 7.52. The predicted octanol–water partition coefficient (Wildman–Crippen LogP) is 2.89. The van der Waals surface area contributed by atoms with Crippen molar-refractivity contribution >= 4 is 0 Å². The zero-order chi connectivity index (χ0) is 14.7. The van der Waals surface area contributed by atoms with Crippen LogP contribution in [-0.4, -0.2) is 18.0 Å². The second-order valence-corrected chi connectivity index (χ2v) is 5.72. The maximum absolute atomic E-state index is 13.6. The normalized spacial score (nSPS) is 15.5. The van der Waals surface area contributed by atoms with E-state index in [2.05, 4.69) is 29.2 Å². The van der Waals surface area contributed by atoms with E-state index in [4.69, 9.17) is 5.73 Å². The van der Waals surface area contributed by atoms with Gasteiger partial charge in [0.2, 0.25) is 0 Å². The standard InChI is InChI=1S/C18H21FN2/c19-18-10-14(12-20)9-15(11-18)13-21-7-5-16-3-1-2-4-17(16)6-8-21/h1-4,9-11H,5-8,12-13,20H2. The summed E-state index contributed by atoms with van der Waals surface area (Å²) < 4.78 is 13.6.